The van der Waals surface area contributed by atoms with E-state index < -0.39 is 22.0 Å². The number of benzene rings is 2. The van der Waals surface area contributed by atoms with Crippen LogP contribution in [-0.2, 0) is 30.8 Å². The molecular formula is C19H22N2O5S. The second kappa shape index (κ2) is 9.29. The number of nitrogens with one attached hydrogen (secondary N) is 2. The molecule has 2 rings (SSSR count). The smallest absolute Gasteiger partial charge is 0.324 e. The molecule has 1 amide bonds. The molecule has 0 aliphatic rings. The number of hydrogen-bond donors (Lipinski definition) is 2. The molecule has 7 nitrogen and oxygen atoms in total. The average molecular weight is 390 g/mol. The van der Waals surface area contributed by atoms with Crippen LogP contribution in [0.5, 0.6) is 0 Å². The lowest BCUT2D eigenvalue weighted by Gasteiger charge is -2.17. The molecule has 2 aromatic carbocycles. The van der Waals surface area contributed by atoms with Crippen molar-refractivity contribution in [2.24, 2.45) is 0 Å². The standard InChI is InChI=1S/C19H22N2O5S/c1-3-26-19(23)18(13-15-7-5-4-6-8-15)21-27(24,25)17-11-9-16(10-12-17)20-14(2)22/h4-12,18,21H,3,13H2,1-2H3,(H,20,22)/t18-/m0/s1. The van der Waals surface area contributed by atoms with Crippen LogP contribution in [0.15, 0.2) is 59.5 Å². The number of hydrogen-bond acceptors (Lipinski definition) is 5. The average Bonchev–Trinajstić information content (AvgIpc) is 2.62. The van der Waals surface area contributed by atoms with Crippen LogP contribution in [0.3, 0.4) is 0 Å². The third kappa shape index (κ3) is 6.19. The Kier molecular flexibility index (Phi) is 7.09. The van der Waals surface area contributed by atoms with Gasteiger partial charge in [-0.05, 0) is 43.2 Å². The first-order chi connectivity index (χ1) is 12.8. The van der Waals surface area contributed by atoms with Gasteiger partial charge in [-0.1, -0.05) is 30.3 Å². The van der Waals surface area contributed by atoms with Gasteiger partial charge in [-0.3, -0.25) is 9.59 Å². The number of amides is 1. The van der Waals surface area contributed by atoms with E-state index in [0.29, 0.717) is 5.69 Å². The molecule has 0 saturated heterocycles. The lowest BCUT2D eigenvalue weighted by Crippen LogP contribution is -2.43. The lowest BCUT2D eigenvalue weighted by molar-refractivity contribution is -0.145. The predicted molar refractivity (Wildman–Crippen MR) is 102 cm³/mol. The van der Waals surface area contributed by atoms with Crippen molar-refractivity contribution in [3.05, 3.63) is 60.2 Å². The first kappa shape index (κ1) is 20.6. The van der Waals surface area contributed by atoms with E-state index in [1.54, 1.807) is 6.92 Å². The van der Waals surface area contributed by atoms with Crippen LogP contribution in [-0.4, -0.2) is 32.9 Å². The summed E-state index contributed by atoms with van der Waals surface area (Å²) in [5.41, 5.74) is 1.28. The number of esters is 1. The summed E-state index contributed by atoms with van der Waals surface area (Å²) in [7, 11) is -3.95. The summed E-state index contributed by atoms with van der Waals surface area (Å²) in [5.74, 6) is -0.895. The molecule has 0 radical (unpaired) electrons. The van der Waals surface area contributed by atoms with E-state index in [4.69, 9.17) is 4.74 Å². The number of sulfonamides is 1. The van der Waals surface area contributed by atoms with Gasteiger partial charge in [-0.15, -0.1) is 0 Å². The zero-order valence-electron chi connectivity index (χ0n) is 15.1. The molecule has 0 aliphatic carbocycles. The maximum absolute atomic E-state index is 12.7. The monoisotopic (exact) mass is 390 g/mol. The molecule has 0 saturated carbocycles. The fourth-order valence-electron chi connectivity index (χ4n) is 2.44. The van der Waals surface area contributed by atoms with Gasteiger partial charge in [0.05, 0.1) is 11.5 Å². The molecule has 0 bridgehead atoms. The van der Waals surface area contributed by atoms with Crippen molar-refractivity contribution in [3.63, 3.8) is 0 Å². The van der Waals surface area contributed by atoms with Crippen molar-refractivity contribution < 1.29 is 22.7 Å². The second-order valence-corrected chi connectivity index (χ2v) is 7.54. The van der Waals surface area contributed by atoms with E-state index in [1.165, 1.54) is 31.2 Å². The van der Waals surface area contributed by atoms with Gasteiger partial charge in [0.15, 0.2) is 0 Å². The Balaban J connectivity index is 2.20. The van der Waals surface area contributed by atoms with Gasteiger partial charge in [0.2, 0.25) is 15.9 Å². The van der Waals surface area contributed by atoms with Crippen LogP contribution in [0.4, 0.5) is 5.69 Å². The Labute approximate surface area is 158 Å². The Bertz CT molecular complexity index is 880. The molecule has 27 heavy (non-hydrogen) atoms. The summed E-state index contributed by atoms with van der Waals surface area (Å²) in [6.45, 7) is 3.17. The maximum atomic E-state index is 12.7. The molecule has 0 aliphatic heterocycles. The SMILES string of the molecule is CCOC(=O)[C@H](Cc1ccccc1)NS(=O)(=O)c1ccc(NC(C)=O)cc1. The number of ether oxygens (including phenoxy) is 1. The fraction of sp³-hybridized carbons (Fsp3) is 0.263. The topological polar surface area (TPSA) is 102 Å². The van der Waals surface area contributed by atoms with E-state index in [-0.39, 0.29) is 23.8 Å². The Morgan fingerprint density at radius 2 is 1.67 bits per heavy atom. The minimum atomic E-state index is -3.95. The molecule has 8 heteroatoms. The van der Waals surface area contributed by atoms with E-state index in [9.17, 15) is 18.0 Å². The third-order valence-electron chi connectivity index (χ3n) is 3.64. The van der Waals surface area contributed by atoms with E-state index in [1.807, 2.05) is 30.3 Å². The van der Waals surface area contributed by atoms with Crippen molar-refractivity contribution in [2.75, 3.05) is 11.9 Å². The molecule has 1 atom stereocenters. The minimum absolute atomic E-state index is 0.0148. The Morgan fingerprint density at radius 3 is 2.22 bits per heavy atom. The van der Waals surface area contributed by atoms with E-state index >= 15 is 0 Å². The zero-order valence-corrected chi connectivity index (χ0v) is 16.0. The number of anilines is 1. The fourth-order valence-corrected chi connectivity index (χ4v) is 3.63. The highest BCUT2D eigenvalue weighted by Crippen LogP contribution is 2.15. The number of rotatable bonds is 8. The van der Waals surface area contributed by atoms with Crippen LogP contribution in [0, 0.1) is 0 Å². The van der Waals surface area contributed by atoms with Crippen LogP contribution in [0.1, 0.15) is 19.4 Å². The van der Waals surface area contributed by atoms with Crippen molar-refractivity contribution in [1.82, 2.24) is 4.72 Å². The molecule has 0 aromatic heterocycles. The highest BCUT2D eigenvalue weighted by atomic mass is 32.2. The Morgan fingerprint density at radius 1 is 1.04 bits per heavy atom. The summed E-state index contributed by atoms with van der Waals surface area (Å²) in [6, 6.07) is 13.7. The first-order valence-corrected chi connectivity index (χ1v) is 9.90. The van der Waals surface area contributed by atoms with Crippen LogP contribution in [0.2, 0.25) is 0 Å². The molecule has 2 aromatic rings. The normalized spacial score (nSPS) is 12.2. The summed E-state index contributed by atoms with van der Waals surface area (Å²) in [4.78, 5) is 23.3. The van der Waals surface area contributed by atoms with Gasteiger partial charge in [-0.2, -0.15) is 4.72 Å². The molecule has 0 spiro atoms. The summed E-state index contributed by atoms with van der Waals surface area (Å²) in [6.07, 6.45) is 0.170. The summed E-state index contributed by atoms with van der Waals surface area (Å²) < 4.78 is 32.8. The first-order valence-electron chi connectivity index (χ1n) is 8.42. The number of carbonyl (C=O) groups is 2. The highest BCUT2D eigenvalue weighted by Gasteiger charge is 2.27. The van der Waals surface area contributed by atoms with Crippen LogP contribution < -0.4 is 10.0 Å². The zero-order chi connectivity index (χ0) is 19.9. The summed E-state index contributed by atoms with van der Waals surface area (Å²) >= 11 is 0. The third-order valence-corrected chi connectivity index (χ3v) is 5.12. The van der Waals surface area contributed by atoms with Crippen LogP contribution in [0.25, 0.3) is 0 Å². The van der Waals surface area contributed by atoms with Gasteiger partial charge < -0.3 is 10.1 Å². The quantitative estimate of drug-likeness (QED) is 0.672. The van der Waals surface area contributed by atoms with Gasteiger partial charge in [0.1, 0.15) is 6.04 Å². The van der Waals surface area contributed by atoms with Crippen molar-refractivity contribution in [1.29, 1.82) is 0 Å². The molecule has 2 N–H and O–H groups in total. The largest absolute Gasteiger partial charge is 0.465 e. The van der Waals surface area contributed by atoms with Gasteiger partial charge in [0, 0.05) is 12.6 Å². The predicted octanol–water partition coefficient (Wildman–Crippen LogP) is 2.10. The molecule has 0 unspecified atom stereocenters. The lowest BCUT2D eigenvalue weighted by atomic mass is 10.1. The molecular weight excluding hydrogens is 368 g/mol. The van der Waals surface area contributed by atoms with E-state index in [2.05, 4.69) is 10.0 Å². The summed E-state index contributed by atoms with van der Waals surface area (Å²) in [5, 5.41) is 2.56. The molecule has 0 heterocycles. The molecule has 144 valence electrons. The van der Waals surface area contributed by atoms with Crippen molar-refractivity contribution in [2.45, 2.75) is 31.2 Å². The minimum Gasteiger partial charge on any atom is -0.465 e. The van der Waals surface area contributed by atoms with Gasteiger partial charge in [-0.25, -0.2) is 8.42 Å². The highest BCUT2D eigenvalue weighted by molar-refractivity contribution is 7.89. The van der Waals surface area contributed by atoms with Crippen molar-refractivity contribution >= 4 is 27.6 Å². The van der Waals surface area contributed by atoms with Crippen molar-refractivity contribution in [3.8, 4) is 0 Å². The maximum Gasteiger partial charge on any atom is 0.324 e. The Hall–Kier alpha value is -2.71. The van der Waals surface area contributed by atoms with Gasteiger partial charge >= 0.3 is 5.97 Å². The van der Waals surface area contributed by atoms with Crippen LogP contribution >= 0.6 is 0 Å². The van der Waals surface area contributed by atoms with E-state index in [0.717, 1.165) is 5.56 Å². The number of carbonyl (C=O) groups excluding carboxylic acids is 2. The molecule has 0 fully saturated rings. The second-order valence-electron chi connectivity index (χ2n) is 5.82. The van der Waals surface area contributed by atoms with Gasteiger partial charge in [0.25, 0.3) is 0 Å².